The lowest BCUT2D eigenvalue weighted by Gasteiger charge is -2.32. The molecule has 0 bridgehead atoms. The fourth-order valence-corrected chi connectivity index (χ4v) is 4.98. The fraction of sp³-hybridized carbons (Fsp3) is 0.286. The number of alkyl halides is 3. The van der Waals surface area contributed by atoms with E-state index in [4.69, 9.17) is 0 Å². The quantitative estimate of drug-likeness (QED) is 0.380. The van der Waals surface area contributed by atoms with Gasteiger partial charge in [0.15, 0.2) is 0 Å². The monoisotopic (exact) mass is 549 g/mol. The van der Waals surface area contributed by atoms with Crippen molar-refractivity contribution in [1.29, 1.82) is 5.26 Å². The Morgan fingerprint density at radius 3 is 2.48 bits per heavy atom. The highest BCUT2D eigenvalue weighted by Crippen LogP contribution is 2.32. The molecule has 5 rings (SSSR count). The molecule has 1 aliphatic heterocycles. The largest absolute Gasteiger partial charge is 0.416 e. The predicted molar refractivity (Wildman–Crippen MR) is 141 cm³/mol. The van der Waals surface area contributed by atoms with Crippen LogP contribution < -0.4 is 5.69 Å². The molecule has 206 valence electrons. The van der Waals surface area contributed by atoms with Crippen LogP contribution in [-0.2, 0) is 17.5 Å². The van der Waals surface area contributed by atoms with E-state index in [2.05, 4.69) is 16.1 Å². The maximum atomic E-state index is 13.9. The molecule has 12 heteroatoms. The Kier molecular flexibility index (Phi) is 7.08. The summed E-state index contributed by atoms with van der Waals surface area (Å²) >= 11 is 0. The summed E-state index contributed by atoms with van der Waals surface area (Å²) < 4.78 is 44.5. The third-order valence-electron chi connectivity index (χ3n) is 7.09. The normalized spacial score (nSPS) is 14.3. The summed E-state index contributed by atoms with van der Waals surface area (Å²) in [6.07, 6.45) is -3.10. The van der Waals surface area contributed by atoms with Gasteiger partial charge in [-0.2, -0.15) is 23.5 Å². The number of imidazole rings is 1. The van der Waals surface area contributed by atoms with Crippen molar-refractivity contribution in [2.45, 2.75) is 19.6 Å². The first-order chi connectivity index (χ1) is 19.1. The van der Waals surface area contributed by atoms with Gasteiger partial charge in [0, 0.05) is 26.2 Å². The molecule has 2 aromatic carbocycles. The smallest absolute Gasteiger partial charge is 0.339 e. The maximum absolute atomic E-state index is 13.9. The van der Waals surface area contributed by atoms with Crippen molar-refractivity contribution < 1.29 is 18.0 Å². The number of para-hydroxylation sites is 1. The Bertz CT molecular complexity index is 1670. The first-order valence-electron chi connectivity index (χ1n) is 12.6. The molecule has 0 aliphatic carbocycles. The molecule has 0 radical (unpaired) electrons. The second kappa shape index (κ2) is 10.5. The molecule has 0 N–H and O–H groups in total. The standard InChI is InChI=1S/C28H26F3N7O2/c1-19-26(24-10-11-33-38(24)23-9-4-3-6-20(23)17-32)36(18-25(39)35-14-12-34(2)13-15-35)27(40)37(19)22-8-5-7-21(16-22)28(29,30)31/h3-11,16H,12-15,18H2,1-2H3. The molecular formula is C28H26F3N7O2. The number of likely N-dealkylation sites (N-methyl/N-ethyl adjacent to an activating group) is 1. The number of benzene rings is 2. The molecule has 3 heterocycles. The Morgan fingerprint density at radius 2 is 1.77 bits per heavy atom. The van der Waals surface area contributed by atoms with E-state index in [1.165, 1.54) is 32.1 Å². The minimum absolute atomic E-state index is 0.0212. The molecule has 0 saturated carbocycles. The number of carbonyl (C=O) groups is 1. The number of hydrogen-bond acceptors (Lipinski definition) is 5. The van der Waals surface area contributed by atoms with E-state index in [1.54, 1.807) is 42.2 Å². The SMILES string of the molecule is Cc1c(-c2ccnn2-c2ccccc2C#N)n(CC(=O)N2CCN(C)CC2)c(=O)n1-c1cccc(C(F)(F)F)c1. The van der Waals surface area contributed by atoms with E-state index in [0.717, 1.165) is 12.1 Å². The van der Waals surface area contributed by atoms with E-state index >= 15 is 0 Å². The first-order valence-corrected chi connectivity index (χ1v) is 12.6. The number of aromatic nitrogens is 4. The average molecular weight is 550 g/mol. The number of hydrogen-bond donors (Lipinski definition) is 0. The van der Waals surface area contributed by atoms with Crippen molar-refractivity contribution in [3.05, 3.63) is 88.1 Å². The molecule has 1 amide bonds. The zero-order chi connectivity index (χ0) is 28.6. The zero-order valence-electron chi connectivity index (χ0n) is 21.9. The zero-order valence-corrected chi connectivity index (χ0v) is 21.9. The van der Waals surface area contributed by atoms with Crippen molar-refractivity contribution in [3.8, 4) is 28.8 Å². The second-order valence-electron chi connectivity index (χ2n) is 9.63. The van der Waals surface area contributed by atoms with Crippen molar-refractivity contribution in [3.63, 3.8) is 0 Å². The topological polar surface area (TPSA) is 92.1 Å². The average Bonchev–Trinajstić information content (AvgIpc) is 3.50. The van der Waals surface area contributed by atoms with Gasteiger partial charge >= 0.3 is 11.9 Å². The molecule has 9 nitrogen and oxygen atoms in total. The lowest BCUT2D eigenvalue weighted by Crippen LogP contribution is -2.48. The summed E-state index contributed by atoms with van der Waals surface area (Å²) in [7, 11) is 1.96. The molecule has 0 atom stereocenters. The molecule has 4 aromatic rings. The van der Waals surface area contributed by atoms with E-state index in [1.807, 2.05) is 7.05 Å². The van der Waals surface area contributed by atoms with Gasteiger partial charge in [-0.05, 0) is 50.4 Å². The Morgan fingerprint density at radius 1 is 1.05 bits per heavy atom. The fourth-order valence-electron chi connectivity index (χ4n) is 4.98. The molecule has 0 spiro atoms. The summed E-state index contributed by atoms with van der Waals surface area (Å²) in [5.41, 5.74) is 0.317. The summed E-state index contributed by atoms with van der Waals surface area (Å²) in [5, 5.41) is 14.0. The highest BCUT2D eigenvalue weighted by molar-refractivity contribution is 5.77. The summed E-state index contributed by atoms with van der Waals surface area (Å²) in [4.78, 5) is 31.0. The van der Waals surface area contributed by atoms with Crippen LogP contribution in [0.2, 0.25) is 0 Å². The van der Waals surface area contributed by atoms with E-state index < -0.39 is 17.4 Å². The minimum Gasteiger partial charge on any atom is -0.339 e. The van der Waals surface area contributed by atoms with Crippen LogP contribution in [0.15, 0.2) is 65.6 Å². The van der Waals surface area contributed by atoms with Crippen LogP contribution in [0.5, 0.6) is 0 Å². The van der Waals surface area contributed by atoms with Crippen LogP contribution in [0.25, 0.3) is 22.8 Å². The van der Waals surface area contributed by atoms with Crippen LogP contribution in [0, 0.1) is 18.3 Å². The van der Waals surface area contributed by atoms with Crippen molar-refractivity contribution in [1.82, 2.24) is 28.7 Å². The van der Waals surface area contributed by atoms with Crippen molar-refractivity contribution in [2.75, 3.05) is 33.2 Å². The van der Waals surface area contributed by atoms with Gasteiger partial charge in [0.05, 0.1) is 45.8 Å². The van der Waals surface area contributed by atoms with Gasteiger partial charge in [-0.1, -0.05) is 18.2 Å². The Labute approximate surface area is 227 Å². The van der Waals surface area contributed by atoms with Crippen molar-refractivity contribution >= 4 is 5.91 Å². The minimum atomic E-state index is -4.60. The summed E-state index contributed by atoms with van der Waals surface area (Å²) in [5.74, 6) is -0.277. The van der Waals surface area contributed by atoms with Gasteiger partial charge in [0.25, 0.3) is 0 Å². The molecule has 2 aromatic heterocycles. The second-order valence-corrected chi connectivity index (χ2v) is 9.63. The molecular weight excluding hydrogens is 523 g/mol. The highest BCUT2D eigenvalue weighted by Gasteiger charge is 2.32. The van der Waals surface area contributed by atoms with Crippen LogP contribution in [-0.4, -0.2) is 67.8 Å². The Hall–Kier alpha value is -4.63. The highest BCUT2D eigenvalue weighted by atomic mass is 19.4. The lowest BCUT2D eigenvalue weighted by molar-refractivity contribution is -0.137. The van der Waals surface area contributed by atoms with Gasteiger partial charge in [-0.3, -0.25) is 13.9 Å². The summed E-state index contributed by atoms with van der Waals surface area (Å²) in [6, 6.07) is 15.1. The van der Waals surface area contributed by atoms with Gasteiger partial charge in [0.2, 0.25) is 5.91 Å². The molecule has 0 unspecified atom stereocenters. The number of rotatable bonds is 5. The van der Waals surface area contributed by atoms with Crippen LogP contribution in [0.4, 0.5) is 13.2 Å². The van der Waals surface area contributed by atoms with Crippen LogP contribution in [0.3, 0.4) is 0 Å². The van der Waals surface area contributed by atoms with Gasteiger partial charge in [-0.25, -0.2) is 9.48 Å². The first kappa shape index (κ1) is 27.0. The summed E-state index contributed by atoms with van der Waals surface area (Å²) in [6.45, 7) is 3.68. The molecule has 1 fully saturated rings. The molecule has 1 saturated heterocycles. The third-order valence-corrected chi connectivity index (χ3v) is 7.09. The number of carbonyl (C=O) groups excluding carboxylic acids is 1. The number of piperazine rings is 1. The van der Waals surface area contributed by atoms with E-state index in [0.29, 0.717) is 54.5 Å². The Balaban J connectivity index is 1.69. The van der Waals surface area contributed by atoms with E-state index in [-0.39, 0.29) is 18.1 Å². The number of nitrogens with zero attached hydrogens (tertiary/aromatic N) is 7. The van der Waals surface area contributed by atoms with Crippen LogP contribution in [0.1, 0.15) is 16.8 Å². The van der Waals surface area contributed by atoms with Crippen molar-refractivity contribution in [2.24, 2.45) is 0 Å². The van der Waals surface area contributed by atoms with E-state index in [9.17, 15) is 28.0 Å². The molecule has 1 aliphatic rings. The van der Waals surface area contributed by atoms with Gasteiger partial charge < -0.3 is 9.80 Å². The van der Waals surface area contributed by atoms with Gasteiger partial charge in [0.1, 0.15) is 12.6 Å². The predicted octanol–water partition coefficient (Wildman–Crippen LogP) is 3.46. The number of nitriles is 1. The number of halogens is 3. The molecule has 40 heavy (non-hydrogen) atoms. The van der Waals surface area contributed by atoms with Gasteiger partial charge in [-0.15, -0.1) is 0 Å². The lowest BCUT2D eigenvalue weighted by atomic mass is 10.1. The maximum Gasteiger partial charge on any atom is 0.416 e. The van der Waals surface area contributed by atoms with Crippen LogP contribution >= 0.6 is 0 Å². The third kappa shape index (κ3) is 4.91. The number of amides is 1.